The van der Waals surface area contributed by atoms with Gasteiger partial charge in [0.15, 0.2) is 5.69 Å². The maximum Gasteiger partial charge on any atom is 0.276 e. The molecule has 27 heavy (non-hydrogen) atoms. The van der Waals surface area contributed by atoms with E-state index in [0.29, 0.717) is 5.69 Å². The summed E-state index contributed by atoms with van der Waals surface area (Å²) in [5.74, 6) is 0.738. The molecule has 1 aliphatic rings. The van der Waals surface area contributed by atoms with E-state index in [9.17, 15) is 4.79 Å². The standard InChI is InChI=1S/C21H22N4O2/c1-15-5-9-17(10-6-15)25-14-19(22-23-25)21(26)24-13-3-4-20(24)16-7-11-18(27-2)12-8-16/h5-12,14,20H,3-4,13H2,1-2H3. The Balaban J connectivity index is 1.55. The van der Waals surface area contributed by atoms with Crippen LogP contribution in [-0.2, 0) is 0 Å². The zero-order chi connectivity index (χ0) is 18.8. The number of likely N-dealkylation sites (tertiary alicyclic amines) is 1. The molecule has 1 unspecified atom stereocenters. The van der Waals surface area contributed by atoms with Gasteiger partial charge in [0.05, 0.1) is 25.0 Å². The highest BCUT2D eigenvalue weighted by Gasteiger charge is 2.32. The lowest BCUT2D eigenvalue weighted by Crippen LogP contribution is -2.30. The molecular formula is C21H22N4O2. The predicted octanol–water partition coefficient (Wildman–Crippen LogP) is 3.56. The first-order valence-corrected chi connectivity index (χ1v) is 9.10. The lowest BCUT2D eigenvalue weighted by atomic mass is 10.0. The molecule has 1 atom stereocenters. The third-order valence-electron chi connectivity index (χ3n) is 5.03. The van der Waals surface area contributed by atoms with E-state index in [0.717, 1.165) is 36.4 Å². The maximum absolute atomic E-state index is 13.0. The van der Waals surface area contributed by atoms with E-state index in [1.807, 2.05) is 60.4 Å². The molecule has 2 heterocycles. The summed E-state index contributed by atoms with van der Waals surface area (Å²) in [6, 6.07) is 15.9. The van der Waals surface area contributed by atoms with Crippen molar-refractivity contribution >= 4 is 5.91 Å². The Hall–Kier alpha value is -3.15. The van der Waals surface area contributed by atoms with E-state index in [1.165, 1.54) is 5.56 Å². The minimum Gasteiger partial charge on any atom is -0.497 e. The van der Waals surface area contributed by atoms with Gasteiger partial charge in [-0.2, -0.15) is 0 Å². The van der Waals surface area contributed by atoms with Crippen LogP contribution < -0.4 is 4.74 Å². The van der Waals surface area contributed by atoms with Gasteiger partial charge in [-0.3, -0.25) is 4.79 Å². The Bertz CT molecular complexity index is 932. The summed E-state index contributed by atoms with van der Waals surface area (Å²) < 4.78 is 6.87. The summed E-state index contributed by atoms with van der Waals surface area (Å²) in [5, 5.41) is 8.25. The van der Waals surface area contributed by atoms with Crippen LogP contribution in [0, 0.1) is 6.92 Å². The van der Waals surface area contributed by atoms with Crippen molar-refractivity contribution in [3.05, 3.63) is 71.5 Å². The first-order chi connectivity index (χ1) is 13.2. The predicted molar refractivity (Wildman–Crippen MR) is 102 cm³/mol. The Morgan fingerprint density at radius 1 is 1.11 bits per heavy atom. The number of aryl methyl sites for hydroxylation is 1. The molecule has 4 rings (SSSR count). The molecule has 138 valence electrons. The minimum atomic E-state index is -0.0771. The van der Waals surface area contributed by atoms with Crippen LogP contribution in [0.4, 0.5) is 0 Å². The first-order valence-electron chi connectivity index (χ1n) is 9.10. The molecule has 0 saturated carbocycles. The number of carbonyl (C=O) groups is 1. The highest BCUT2D eigenvalue weighted by Crippen LogP contribution is 2.33. The number of benzene rings is 2. The third-order valence-corrected chi connectivity index (χ3v) is 5.03. The van der Waals surface area contributed by atoms with Gasteiger partial charge in [-0.25, -0.2) is 4.68 Å². The number of hydrogen-bond donors (Lipinski definition) is 0. The molecule has 2 aromatic carbocycles. The number of amides is 1. The summed E-state index contributed by atoms with van der Waals surface area (Å²) in [6.45, 7) is 2.76. The molecule has 0 aliphatic carbocycles. The van der Waals surface area contributed by atoms with Crippen LogP contribution in [0.3, 0.4) is 0 Å². The first kappa shape index (κ1) is 17.3. The van der Waals surface area contributed by atoms with Gasteiger partial charge in [0.25, 0.3) is 5.91 Å². The number of nitrogens with zero attached hydrogens (tertiary/aromatic N) is 4. The van der Waals surface area contributed by atoms with Gasteiger partial charge in [-0.1, -0.05) is 35.0 Å². The second kappa shape index (κ2) is 7.23. The molecule has 1 aliphatic heterocycles. The van der Waals surface area contributed by atoms with Crippen LogP contribution in [0.5, 0.6) is 5.75 Å². The molecule has 1 fully saturated rings. The average molecular weight is 362 g/mol. The normalized spacial score (nSPS) is 16.5. The molecular weight excluding hydrogens is 340 g/mol. The van der Waals surface area contributed by atoms with Crippen molar-refractivity contribution < 1.29 is 9.53 Å². The second-order valence-corrected chi connectivity index (χ2v) is 6.81. The largest absolute Gasteiger partial charge is 0.497 e. The molecule has 6 heteroatoms. The molecule has 0 spiro atoms. The fourth-order valence-corrected chi connectivity index (χ4v) is 3.52. The van der Waals surface area contributed by atoms with Crippen LogP contribution in [0.1, 0.15) is 40.5 Å². The second-order valence-electron chi connectivity index (χ2n) is 6.81. The summed E-state index contributed by atoms with van der Waals surface area (Å²) in [4.78, 5) is 14.9. The quantitative estimate of drug-likeness (QED) is 0.712. The number of carbonyl (C=O) groups excluding carboxylic acids is 1. The smallest absolute Gasteiger partial charge is 0.276 e. The van der Waals surface area contributed by atoms with Gasteiger partial charge >= 0.3 is 0 Å². The van der Waals surface area contributed by atoms with E-state index >= 15 is 0 Å². The van der Waals surface area contributed by atoms with Crippen LogP contribution >= 0.6 is 0 Å². The molecule has 0 N–H and O–H groups in total. The fourth-order valence-electron chi connectivity index (χ4n) is 3.52. The monoisotopic (exact) mass is 362 g/mol. The van der Waals surface area contributed by atoms with Gasteiger partial charge in [-0.15, -0.1) is 5.10 Å². The zero-order valence-corrected chi connectivity index (χ0v) is 15.5. The highest BCUT2D eigenvalue weighted by atomic mass is 16.5. The van der Waals surface area contributed by atoms with Crippen LogP contribution in [0.2, 0.25) is 0 Å². The van der Waals surface area contributed by atoms with Gasteiger partial charge in [0, 0.05) is 6.54 Å². The topological polar surface area (TPSA) is 60.2 Å². The lowest BCUT2D eigenvalue weighted by Gasteiger charge is -2.24. The number of rotatable bonds is 4. The summed E-state index contributed by atoms with van der Waals surface area (Å²) in [6.07, 6.45) is 3.63. The van der Waals surface area contributed by atoms with E-state index in [-0.39, 0.29) is 11.9 Å². The van der Waals surface area contributed by atoms with Crippen molar-refractivity contribution in [2.75, 3.05) is 13.7 Å². The van der Waals surface area contributed by atoms with Crippen LogP contribution in [0.25, 0.3) is 5.69 Å². The van der Waals surface area contributed by atoms with Crippen molar-refractivity contribution in [1.29, 1.82) is 0 Å². The number of methoxy groups -OCH3 is 1. The van der Waals surface area contributed by atoms with Gasteiger partial charge in [0.2, 0.25) is 0 Å². The van der Waals surface area contributed by atoms with Crippen molar-refractivity contribution in [1.82, 2.24) is 19.9 Å². The lowest BCUT2D eigenvalue weighted by molar-refractivity contribution is 0.0729. The zero-order valence-electron chi connectivity index (χ0n) is 15.5. The van der Waals surface area contributed by atoms with E-state index < -0.39 is 0 Å². The number of hydrogen-bond acceptors (Lipinski definition) is 4. The molecule has 0 radical (unpaired) electrons. The molecule has 1 saturated heterocycles. The Morgan fingerprint density at radius 3 is 2.56 bits per heavy atom. The number of ether oxygens (including phenoxy) is 1. The Morgan fingerprint density at radius 2 is 1.85 bits per heavy atom. The molecule has 6 nitrogen and oxygen atoms in total. The highest BCUT2D eigenvalue weighted by molar-refractivity contribution is 5.92. The molecule has 1 amide bonds. The van der Waals surface area contributed by atoms with Crippen molar-refractivity contribution in [3.8, 4) is 11.4 Å². The Labute approximate surface area is 158 Å². The maximum atomic E-state index is 13.0. The SMILES string of the molecule is COc1ccc(C2CCCN2C(=O)c2cn(-c3ccc(C)cc3)nn2)cc1. The van der Waals surface area contributed by atoms with Crippen LogP contribution in [0.15, 0.2) is 54.7 Å². The molecule has 3 aromatic rings. The van der Waals surface area contributed by atoms with Crippen molar-refractivity contribution in [2.24, 2.45) is 0 Å². The number of aromatic nitrogens is 3. The van der Waals surface area contributed by atoms with E-state index in [2.05, 4.69) is 10.3 Å². The summed E-state index contributed by atoms with van der Waals surface area (Å²) in [7, 11) is 1.65. The summed E-state index contributed by atoms with van der Waals surface area (Å²) in [5.41, 5.74) is 3.55. The Kier molecular flexibility index (Phi) is 4.62. The van der Waals surface area contributed by atoms with Crippen molar-refractivity contribution in [3.63, 3.8) is 0 Å². The summed E-state index contributed by atoms with van der Waals surface area (Å²) >= 11 is 0. The fraction of sp³-hybridized carbons (Fsp3) is 0.286. The minimum absolute atomic E-state index is 0.0629. The van der Waals surface area contributed by atoms with E-state index in [4.69, 9.17) is 4.74 Å². The van der Waals surface area contributed by atoms with Gasteiger partial charge in [-0.05, 0) is 49.6 Å². The van der Waals surface area contributed by atoms with E-state index in [1.54, 1.807) is 18.0 Å². The van der Waals surface area contributed by atoms with Gasteiger partial charge < -0.3 is 9.64 Å². The van der Waals surface area contributed by atoms with Gasteiger partial charge in [0.1, 0.15) is 5.75 Å². The van der Waals surface area contributed by atoms with Crippen LogP contribution in [-0.4, -0.2) is 39.5 Å². The third kappa shape index (κ3) is 3.43. The molecule has 0 bridgehead atoms. The average Bonchev–Trinajstić information content (AvgIpc) is 3.38. The van der Waals surface area contributed by atoms with Crippen molar-refractivity contribution in [2.45, 2.75) is 25.8 Å². The molecule has 1 aromatic heterocycles.